The van der Waals surface area contributed by atoms with E-state index < -0.39 is 28.7 Å². The number of thiazole rings is 1. The predicted molar refractivity (Wildman–Crippen MR) is 149 cm³/mol. The van der Waals surface area contributed by atoms with Crippen LogP contribution < -0.4 is 11.1 Å². The number of amides is 2. The average molecular weight is 633 g/mol. The van der Waals surface area contributed by atoms with Crippen LogP contribution in [0.4, 0.5) is 5.13 Å². The first-order valence-electron chi connectivity index (χ1n) is 10.8. The van der Waals surface area contributed by atoms with E-state index in [0.717, 1.165) is 17.9 Å². The summed E-state index contributed by atoms with van der Waals surface area (Å²) in [7, 11) is 3.87. The van der Waals surface area contributed by atoms with E-state index >= 15 is 0 Å². The summed E-state index contributed by atoms with van der Waals surface area (Å²) in [6, 6.07) is -0.853. The van der Waals surface area contributed by atoms with E-state index in [-0.39, 0.29) is 74.4 Å². The standard InChI is InChI=1S/C19H23Cl2N9O4S3.Na.H/c1-28(2)3-4-30-18(25-26-27-30)37-8-19(16(33)34)6-29-14(32)11(15(29)36-7-19)24-13(31)10(12(20)21)9-5-35-17(22)23-9;;/h5,11,15H,3-4,6-8H2,1-2H3,(H2,22,23)(H,24,31)(H,33,34);;/t11?,15-,19?;;/m1../s1. The summed E-state index contributed by atoms with van der Waals surface area (Å²) in [5, 5.41) is 26.3. The summed E-state index contributed by atoms with van der Waals surface area (Å²) in [4.78, 5) is 45.7. The summed E-state index contributed by atoms with van der Waals surface area (Å²) >= 11 is 15.5. The zero-order valence-corrected chi connectivity index (χ0v) is 23.6. The summed E-state index contributed by atoms with van der Waals surface area (Å²) in [5.74, 6) is -1.67. The number of nitrogen functional groups attached to an aromatic ring is 1. The number of carbonyl (C=O) groups is 3. The van der Waals surface area contributed by atoms with Crippen molar-refractivity contribution in [3.05, 3.63) is 15.6 Å². The van der Waals surface area contributed by atoms with E-state index in [0.29, 0.717) is 11.7 Å². The Hall–Kier alpha value is -1.11. The van der Waals surface area contributed by atoms with Gasteiger partial charge in [0.2, 0.25) is 11.1 Å². The van der Waals surface area contributed by atoms with E-state index in [2.05, 4.69) is 25.8 Å². The molecule has 2 unspecified atom stereocenters. The summed E-state index contributed by atoms with van der Waals surface area (Å²) < 4.78 is 1.32. The van der Waals surface area contributed by atoms with Crippen molar-refractivity contribution in [2.45, 2.75) is 23.1 Å². The topological polar surface area (TPSA) is 172 Å². The van der Waals surface area contributed by atoms with E-state index in [4.69, 9.17) is 28.9 Å². The van der Waals surface area contributed by atoms with Crippen LogP contribution in [0.1, 0.15) is 5.69 Å². The number of nitrogens with two attached hydrogens (primary N) is 1. The monoisotopic (exact) mass is 631 g/mol. The number of carbonyl (C=O) groups excluding carboxylic acids is 2. The number of carboxylic acid groups (broad SMARTS) is 1. The van der Waals surface area contributed by atoms with E-state index in [1.54, 1.807) is 4.68 Å². The van der Waals surface area contributed by atoms with Crippen LogP contribution >= 0.6 is 58.1 Å². The van der Waals surface area contributed by atoms with Crippen LogP contribution in [0, 0.1) is 5.41 Å². The molecular formula is C19H24Cl2N9NaO4S3. The van der Waals surface area contributed by atoms with E-state index in [1.807, 2.05) is 19.0 Å². The first kappa shape index (κ1) is 31.4. The van der Waals surface area contributed by atoms with Crippen molar-refractivity contribution in [3.63, 3.8) is 0 Å². The Labute approximate surface area is 262 Å². The second-order valence-electron chi connectivity index (χ2n) is 8.69. The van der Waals surface area contributed by atoms with Gasteiger partial charge in [-0.3, -0.25) is 14.4 Å². The van der Waals surface area contributed by atoms with Crippen molar-refractivity contribution in [1.29, 1.82) is 0 Å². The molecule has 19 heteroatoms. The number of halogens is 2. The van der Waals surface area contributed by atoms with Gasteiger partial charge >= 0.3 is 35.5 Å². The molecule has 2 amide bonds. The van der Waals surface area contributed by atoms with Gasteiger partial charge in [-0.05, 0) is 24.5 Å². The number of nitrogens with zero attached hydrogens (tertiary/aromatic N) is 7. The molecule has 4 heterocycles. The Balaban J connectivity index is 0.00000400. The van der Waals surface area contributed by atoms with Gasteiger partial charge in [0.05, 0.1) is 17.8 Å². The first-order chi connectivity index (χ1) is 17.5. The fraction of sp³-hybridized carbons (Fsp3) is 0.526. The van der Waals surface area contributed by atoms with Crippen molar-refractivity contribution in [2.75, 3.05) is 44.4 Å². The number of rotatable bonds is 10. The summed E-state index contributed by atoms with van der Waals surface area (Å²) in [6.07, 6.45) is 0. The van der Waals surface area contributed by atoms with Crippen LogP contribution in [0.15, 0.2) is 15.0 Å². The van der Waals surface area contributed by atoms with Crippen LogP contribution in [-0.4, -0.2) is 138 Å². The maximum absolute atomic E-state index is 13.0. The molecule has 0 radical (unpaired) electrons. The van der Waals surface area contributed by atoms with Gasteiger partial charge < -0.3 is 26.0 Å². The Morgan fingerprint density at radius 1 is 1.39 bits per heavy atom. The zero-order chi connectivity index (χ0) is 26.9. The first-order valence-corrected chi connectivity index (χ1v) is 14.5. The number of thioether (sulfide) groups is 2. The third kappa shape index (κ3) is 6.61. The van der Waals surface area contributed by atoms with Gasteiger partial charge in [-0.15, -0.1) is 28.2 Å². The Kier molecular flexibility index (Phi) is 10.8. The quantitative estimate of drug-likeness (QED) is 0.139. The average Bonchev–Trinajstić information content (AvgIpc) is 3.47. The number of nitrogens with one attached hydrogen (secondary N) is 1. The van der Waals surface area contributed by atoms with Crippen LogP contribution in [-0.2, 0) is 20.9 Å². The van der Waals surface area contributed by atoms with E-state index in [9.17, 15) is 19.5 Å². The van der Waals surface area contributed by atoms with Gasteiger partial charge in [0.15, 0.2) is 5.13 Å². The fourth-order valence-corrected chi connectivity index (χ4v) is 7.44. The Morgan fingerprint density at radius 3 is 2.74 bits per heavy atom. The zero-order valence-electron chi connectivity index (χ0n) is 19.6. The van der Waals surface area contributed by atoms with Crippen LogP contribution in [0.5, 0.6) is 0 Å². The Morgan fingerprint density at radius 2 is 2.13 bits per heavy atom. The number of anilines is 1. The van der Waals surface area contributed by atoms with Gasteiger partial charge in [0.1, 0.15) is 21.3 Å². The van der Waals surface area contributed by atoms with Gasteiger partial charge in [-0.25, -0.2) is 9.67 Å². The van der Waals surface area contributed by atoms with Crippen molar-refractivity contribution >= 4 is 116 Å². The molecule has 0 aromatic carbocycles. The second kappa shape index (κ2) is 13.0. The third-order valence-electron chi connectivity index (χ3n) is 5.81. The molecule has 2 saturated heterocycles. The van der Waals surface area contributed by atoms with Gasteiger partial charge in [0.25, 0.3) is 5.91 Å². The third-order valence-corrected chi connectivity index (χ3v) is 9.70. The number of likely N-dealkylation sites (N-methyl/N-ethyl adjacent to an activating group) is 1. The molecular weight excluding hydrogens is 608 g/mol. The summed E-state index contributed by atoms with van der Waals surface area (Å²) in [5.41, 5.74) is 4.55. The molecule has 2 aromatic rings. The SMILES string of the molecule is CN(C)CCn1nnnc1SCC1(C(=O)O)CS[C@@H]2C(NC(=O)C(=C(Cl)Cl)c3csc(N)n3)C(=O)N2C1.[NaH]. The number of carboxylic acids is 1. The molecule has 2 aliphatic rings. The molecule has 0 aliphatic carbocycles. The van der Waals surface area contributed by atoms with Crippen molar-refractivity contribution in [2.24, 2.45) is 5.41 Å². The van der Waals surface area contributed by atoms with Crippen LogP contribution in [0.3, 0.4) is 0 Å². The molecule has 0 bridgehead atoms. The number of tetrazole rings is 1. The predicted octanol–water partition coefficient (Wildman–Crippen LogP) is 0.0343. The van der Waals surface area contributed by atoms with Crippen LogP contribution in [0.25, 0.3) is 5.57 Å². The molecule has 38 heavy (non-hydrogen) atoms. The minimum absolute atomic E-state index is 0. The van der Waals surface area contributed by atoms with Gasteiger partial charge in [-0.1, -0.05) is 35.0 Å². The normalized spacial score (nSPS) is 22.3. The summed E-state index contributed by atoms with van der Waals surface area (Å²) in [6.45, 7) is 1.28. The number of aliphatic carboxylic acids is 1. The molecule has 2 aliphatic heterocycles. The van der Waals surface area contributed by atoms with E-state index in [1.165, 1.54) is 33.8 Å². The number of hydrogen-bond donors (Lipinski definition) is 3. The van der Waals surface area contributed by atoms with Crippen LogP contribution in [0.2, 0.25) is 0 Å². The molecule has 202 valence electrons. The molecule has 4 N–H and O–H groups in total. The van der Waals surface area contributed by atoms with Crippen molar-refractivity contribution in [3.8, 4) is 0 Å². The molecule has 0 saturated carbocycles. The fourth-order valence-electron chi connectivity index (χ4n) is 3.76. The maximum atomic E-state index is 13.0. The van der Waals surface area contributed by atoms with Gasteiger partial charge in [-0.2, -0.15) is 0 Å². The number of β-lactam (4-membered cyclic amide) rings is 1. The van der Waals surface area contributed by atoms with Crippen molar-refractivity contribution in [1.82, 2.24) is 40.3 Å². The minimum atomic E-state index is -1.21. The van der Waals surface area contributed by atoms with Gasteiger partial charge in [0, 0.05) is 30.0 Å². The second-order valence-corrected chi connectivity index (χ2v) is 12.6. The molecule has 0 spiro atoms. The van der Waals surface area contributed by atoms with Crippen molar-refractivity contribution < 1.29 is 19.5 Å². The molecule has 2 fully saturated rings. The molecule has 2 aromatic heterocycles. The molecule has 13 nitrogen and oxygen atoms in total. The number of aromatic nitrogens is 5. The molecule has 3 atom stereocenters. The molecule has 4 rings (SSSR count). The Bertz CT molecular complexity index is 1240. The number of hydrogen-bond acceptors (Lipinski definition) is 12. The number of fused-ring (bicyclic) bond motifs is 1.